The lowest BCUT2D eigenvalue weighted by Gasteiger charge is -2.46. The highest BCUT2D eigenvalue weighted by Gasteiger charge is 2.44. The van der Waals surface area contributed by atoms with Crippen molar-refractivity contribution in [3.8, 4) is 0 Å². The molecule has 0 radical (unpaired) electrons. The normalized spacial score (nSPS) is 13.3. The fourth-order valence-corrected chi connectivity index (χ4v) is 9.82. The van der Waals surface area contributed by atoms with Gasteiger partial charge in [0, 0.05) is 34.5 Å². The van der Waals surface area contributed by atoms with Gasteiger partial charge in [-0.1, -0.05) is 102 Å². The molecule has 0 heterocycles. The SMILES string of the molecule is CC(=CC(CC(C)(C)Sc1ccccc1)(CC(C)(C)Sc1ccccc1)CC(C)(C)Sc1ccccc1)C(N)=O. The molecule has 0 bridgehead atoms. The zero-order valence-electron chi connectivity index (χ0n) is 25.1. The van der Waals surface area contributed by atoms with Crippen LogP contribution in [0.4, 0.5) is 0 Å². The fraction of sp³-hybridized carbons (Fsp3) is 0.400. The molecule has 0 spiro atoms. The van der Waals surface area contributed by atoms with Gasteiger partial charge in [0.1, 0.15) is 0 Å². The van der Waals surface area contributed by atoms with Crippen LogP contribution in [0.2, 0.25) is 0 Å². The van der Waals surface area contributed by atoms with Crippen LogP contribution >= 0.6 is 35.3 Å². The van der Waals surface area contributed by atoms with Crippen molar-refractivity contribution in [1.29, 1.82) is 0 Å². The van der Waals surface area contributed by atoms with E-state index in [1.54, 1.807) is 0 Å². The van der Waals surface area contributed by atoms with Crippen LogP contribution in [0, 0.1) is 5.41 Å². The second-order valence-corrected chi connectivity index (χ2v) is 18.0. The molecule has 0 unspecified atom stereocenters. The lowest BCUT2D eigenvalue weighted by atomic mass is 9.68. The number of allylic oxidation sites excluding steroid dienone is 1. The number of rotatable bonds is 14. The van der Waals surface area contributed by atoms with Crippen LogP contribution < -0.4 is 5.73 Å². The van der Waals surface area contributed by atoms with E-state index >= 15 is 0 Å². The summed E-state index contributed by atoms with van der Waals surface area (Å²) in [5.41, 5.74) is 6.25. The van der Waals surface area contributed by atoms with Crippen LogP contribution in [-0.4, -0.2) is 20.1 Å². The summed E-state index contributed by atoms with van der Waals surface area (Å²) in [6.45, 7) is 15.9. The molecule has 2 nitrogen and oxygen atoms in total. The number of thioether (sulfide) groups is 3. The summed E-state index contributed by atoms with van der Waals surface area (Å²) < 4.78 is -0.260. The third-order valence-electron chi connectivity index (χ3n) is 6.66. The Kier molecular flexibility index (Phi) is 11.1. The molecule has 0 aliphatic carbocycles. The number of carbonyl (C=O) groups is 1. The van der Waals surface area contributed by atoms with Gasteiger partial charge in [0.2, 0.25) is 5.91 Å². The molecular formula is C35H45NOS3. The molecule has 5 heteroatoms. The number of benzene rings is 3. The number of carbonyl (C=O) groups excluding carboxylic acids is 1. The van der Waals surface area contributed by atoms with Crippen LogP contribution in [-0.2, 0) is 4.79 Å². The average molecular weight is 592 g/mol. The van der Waals surface area contributed by atoms with Crippen molar-refractivity contribution >= 4 is 41.2 Å². The monoisotopic (exact) mass is 591 g/mol. The van der Waals surface area contributed by atoms with E-state index < -0.39 is 0 Å². The summed E-state index contributed by atoms with van der Waals surface area (Å²) in [5.74, 6) is -0.347. The molecule has 0 aromatic heterocycles. The first-order chi connectivity index (χ1) is 18.7. The molecule has 3 aromatic rings. The van der Waals surface area contributed by atoms with Crippen LogP contribution in [0.25, 0.3) is 0 Å². The maximum absolute atomic E-state index is 12.5. The van der Waals surface area contributed by atoms with Gasteiger partial charge in [0.05, 0.1) is 0 Å². The molecule has 0 fully saturated rings. The third-order valence-corrected chi connectivity index (χ3v) is 10.3. The minimum atomic E-state index is -0.347. The van der Waals surface area contributed by atoms with Gasteiger partial charge in [-0.2, -0.15) is 0 Å². The lowest BCUT2D eigenvalue weighted by molar-refractivity contribution is -0.114. The minimum absolute atomic E-state index is 0.0865. The van der Waals surface area contributed by atoms with E-state index in [1.165, 1.54) is 14.7 Å². The Morgan fingerprint density at radius 2 is 0.875 bits per heavy atom. The van der Waals surface area contributed by atoms with Gasteiger partial charge in [-0.25, -0.2) is 0 Å². The van der Waals surface area contributed by atoms with E-state index in [1.807, 2.05) is 42.2 Å². The number of hydrogen-bond acceptors (Lipinski definition) is 4. The summed E-state index contributed by atoms with van der Waals surface area (Å²) >= 11 is 5.73. The Morgan fingerprint density at radius 3 is 1.12 bits per heavy atom. The van der Waals surface area contributed by atoms with Crippen LogP contribution in [0.15, 0.2) is 117 Å². The predicted molar refractivity (Wildman–Crippen MR) is 178 cm³/mol. The van der Waals surface area contributed by atoms with Crippen molar-refractivity contribution in [1.82, 2.24) is 0 Å². The molecule has 0 atom stereocenters. The molecular weight excluding hydrogens is 547 g/mol. The smallest absolute Gasteiger partial charge is 0.244 e. The lowest BCUT2D eigenvalue weighted by Crippen LogP contribution is -2.39. The van der Waals surface area contributed by atoms with Crippen molar-refractivity contribution < 1.29 is 4.79 Å². The number of primary amides is 1. The second kappa shape index (κ2) is 13.7. The van der Waals surface area contributed by atoms with E-state index in [2.05, 4.69) is 139 Å². The standard InChI is InChI=1S/C35H45NOS3/c1-27(31(36)37)23-35(24-32(2,3)38-28-17-11-8-12-18-28,25-33(4,5)39-29-19-13-9-14-20-29)26-34(6,7)40-30-21-15-10-16-22-30/h8-23H,24-26H2,1-7H3,(H2,36,37). The molecule has 3 aromatic carbocycles. The molecule has 0 aliphatic heterocycles. The van der Waals surface area contributed by atoms with Crippen molar-refractivity contribution in [2.45, 2.75) is 96.7 Å². The first-order valence-corrected chi connectivity index (χ1v) is 16.3. The zero-order chi connectivity index (χ0) is 29.4. The van der Waals surface area contributed by atoms with Gasteiger partial charge in [0.25, 0.3) is 0 Å². The molecule has 0 saturated carbocycles. The van der Waals surface area contributed by atoms with Gasteiger partial charge in [-0.3, -0.25) is 4.79 Å². The molecule has 1 amide bonds. The Labute approximate surface area is 255 Å². The van der Waals surface area contributed by atoms with E-state index in [-0.39, 0.29) is 25.6 Å². The van der Waals surface area contributed by atoms with Gasteiger partial charge in [-0.15, -0.1) is 35.3 Å². The van der Waals surface area contributed by atoms with Crippen molar-refractivity contribution in [2.75, 3.05) is 0 Å². The number of hydrogen-bond donors (Lipinski definition) is 1. The number of amides is 1. The summed E-state index contributed by atoms with van der Waals surface area (Å²) in [7, 11) is 0. The Hall–Kier alpha value is -2.08. The first-order valence-electron chi connectivity index (χ1n) is 13.9. The fourth-order valence-electron chi connectivity index (χ4n) is 5.95. The van der Waals surface area contributed by atoms with E-state index in [9.17, 15) is 4.79 Å². The van der Waals surface area contributed by atoms with E-state index in [4.69, 9.17) is 5.73 Å². The third kappa shape index (κ3) is 10.7. The molecule has 214 valence electrons. The van der Waals surface area contributed by atoms with Gasteiger partial charge < -0.3 is 5.73 Å². The van der Waals surface area contributed by atoms with Gasteiger partial charge in [-0.05, 0) is 68.0 Å². The largest absolute Gasteiger partial charge is 0.366 e. The van der Waals surface area contributed by atoms with Crippen molar-refractivity contribution in [3.63, 3.8) is 0 Å². The predicted octanol–water partition coefficient (Wildman–Crippen LogP) is 10.3. The van der Waals surface area contributed by atoms with Crippen molar-refractivity contribution in [3.05, 3.63) is 103 Å². The van der Waals surface area contributed by atoms with Gasteiger partial charge in [0.15, 0.2) is 0 Å². The molecule has 0 saturated heterocycles. The average Bonchev–Trinajstić information content (AvgIpc) is 2.83. The van der Waals surface area contributed by atoms with Crippen LogP contribution in [0.5, 0.6) is 0 Å². The topological polar surface area (TPSA) is 43.1 Å². The van der Waals surface area contributed by atoms with Crippen LogP contribution in [0.3, 0.4) is 0 Å². The molecule has 2 N–H and O–H groups in total. The highest BCUT2D eigenvalue weighted by atomic mass is 32.2. The highest BCUT2D eigenvalue weighted by molar-refractivity contribution is 8.01. The van der Waals surface area contributed by atoms with Gasteiger partial charge >= 0.3 is 0 Å². The molecule has 3 rings (SSSR count). The zero-order valence-corrected chi connectivity index (χ0v) is 27.5. The Balaban J connectivity index is 2.07. The minimum Gasteiger partial charge on any atom is -0.366 e. The first kappa shape index (κ1) is 32.4. The van der Waals surface area contributed by atoms with E-state index in [0.29, 0.717) is 5.57 Å². The number of nitrogens with two attached hydrogens (primary N) is 1. The van der Waals surface area contributed by atoms with Crippen molar-refractivity contribution in [2.24, 2.45) is 11.1 Å². The molecule has 0 aliphatic rings. The van der Waals surface area contributed by atoms with E-state index in [0.717, 1.165) is 19.3 Å². The summed E-state index contributed by atoms with van der Waals surface area (Å²) in [4.78, 5) is 16.3. The highest BCUT2D eigenvalue weighted by Crippen LogP contribution is 2.54. The quantitative estimate of drug-likeness (QED) is 0.150. The molecule has 40 heavy (non-hydrogen) atoms. The Bertz CT molecular complexity index is 1120. The second-order valence-electron chi connectivity index (χ2n) is 12.6. The Morgan fingerprint density at radius 1 is 0.600 bits per heavy atom. The maximum atomic E-state index is 12.5. The maximum Gasteiger partial charge on any atom is 0.244 e. The summed E-state index contributed by atoms with van der Waals surface area (Å²) in [5, 5.41) is 0. The summed E-state index contributed by atoms with van der Waals surface area (Å²) in [6, 6.07) is 31.9. The summed E-state index contributed by atoms with van der Waals surface area (Å²) in [6.07, 6.45) is 4.94. The van der Waals surface area contributed by atoms with Crippen LogP contribution in [0.1, 0.15) is 67.7 Å².